The second-order valence-electron chi connectivity index (χ2n) is 5.58. The number of rotatable bonds is 7. The molecule has 4 heteroatoms. The van der Waals surface area contributed by atoms with E-state index in [2.05, 4.69) is 18.3 Å². The van der Waals surface area contributed by atoms with Crippen LogP contribution in [0.5, 0.6) is 0 Å². The Labute approximate surface area is 127 Å². The van der Waals surface area contributed by atoms with Crippen molar-refractivity contribution >= 4 is 5.82 Å². The smallest absolute Gasteiger partial charge is 0.144 e. The van der Waals surface area contributed by atoms with E-state index >= 15 is 0 Å². The summed E-state index contributed by atoms with van der Waals surface area (Å²) in [5.74, 6) is 0.776. The molecule has 1 aromatic rings. The summed E-state index contributed by atoms with van der Waals surface area (Å²) in [6.45, 7) is 3.70. The van der Waals surface area contributed by atoms with Gasteiger partial charge in [0.15, 0.2) is 0 Å². The number of hydrogen-bond donors (Lipinski definition) is 1. The monoisotopic (exact) mass is 287 g/mol. The van der Waals surface area contributed by atoms with Gasteiger partial charge in [-0.3, -0.25) is 0 Å². The van der Waals surface area contributed by atoms with Gasteiger partial charge in [0, 0.05) is 26.0 Å². The Bertz CT molecular complexity index is 520. The average Bonchev–Trinajstić information content (AvgIpc) is 2.52. The maximum Gasteiger partial charge on any atom is 0.144 e. The van der Waals surface area contributed by atoms with Crippen LogP contribution in [0.2, 0.25) is 0 Å². The molecule has 1 N–H and O–H groups in total. The fourth-order valence-electron chi connectivity index (χ4n) is 3.02. The largest absolute Gasteiger partial charge is 0.385 e. The van der Waals surface area contributed by atoms with Crippen molar-refractivity contribution in [1.29, 1.82) is 5.26 Å². The predicted octanol–water partition coefficient (Wildman–Crippen LogP) is 3.23. The van der Waals surface area contributed by atoms with Crippen molar-refractivity contribution in [3.63, 3.8) is 0 Å². The fraction of sp³-hybridized carbons (Fsp3) is 0.647. The molecule has 4 nitrogen and oxygen atoms in total. The molecule has 0 bridgehead atoms. The molecular formula is C17H25N3O. The molecule has 114 valence electrons. The summed E-state index contributed by atoms with van der Waals surface area (Å²) in [6, 6.07) is 2.38. The van der Waals surface area contributed by atoms with Crippen molar-refractivity contribution in [2.75, 3.05) is 25.6 Å². The molecule has 21 heavy (non-hydrogen) atoms. The Morgan fingerprint density at radius 2 is 2.05 bits per heavy atom. The molecule has 0 amide bonds. The van der Waals surface area contributed by atoms with Crippen LogP contribution in [-0.2, 0) is 24.0 Å². The lowest BCUT2D eigenvalue weighted by molar-refractivity contribution is 0.197. The van der Waals surface area contributed by atoms with Gasteiger partial charge in [0.05, 0.1) is 5.56 Å². The summed E-state index contributed by atoms with van der Waals surface area (Å²) < 4.78 is 5.06. The number of methoxy groups -OCH3 is 1. The first-order valence-corrected chi connectivity index (χ1v) is 7.99. The molecule has 0 fully saturated rings. The number of aryl methyl sites for hydroxylation is 1. The molecule has 0 aliphatic heterocycles. The van der Waals surface area contributed by atoms with Crippen molar-refractivity contribution in [3.8, 4) is 6.07 Å². The van der Waals surface area contributed by atoms with Crippen molar-refractivity contribution in [3.05, 3.63) is 22.4 Å². The Hall–Kier alpha value is -1.60. The van der Waals surface area contributed by atoms with E-state index in [1.165, 1.54) is 29.7 Å². The summed E-state index contributed by atoms with van der Waals surface area (Å²) >= 11 is 0. The predicted molar refractivity (Wildman–Crippen MR) is 84.6 cm³/mol. The lowest BCUT2D eigenvalue weighted by Gasteiger charge is -2.22. The summed E-state index contributed by atoms with van der Waals surface area (Å²) in [6.07, 6.45) is 7.51. The molecule has 1 aromatic heterocycles. The van der Waals surface area contributed by atoms with Gasteiger partial charge in [-0.25, -0.2) is 4.98 Å². The zero-order valence-electron chi connectivity index (χ0n) is 13.2. The number of nitriles is 1. The maximum atomic E-state index is 9.54. The number of nitrogens with zero attached hydrogens (tertiary/aromatic N) is 2. The van der Waals surface area contributed by atoms with E-state index in [0.29, 0.717) is 0 Å². The minimum Gasteiger partial charge on any atom is -0.385 e. The van der Waals surface area contributed by atoms with E-state index < -0.39 is 0 Å². The summed E-state index contributed by atoms with van der Waals surface area (Å²) in [7, 11) is 1.71. The van der Waals surface area contributed by atoms with Crippen LogP contribution < -0.4 is 5.32 Å². The molecule has 0 unspecified atom stereocenters. The zero-order valence-corrected chi connectivity index (χ0v) is 13.2. The van der Waals surface area contributed by atoms with Crippen LogP contribution in [0.1, 0.15) is 55.0 Å². The third-order valence-corrected chi connectivity index (χ3v) is 4.02. The summed E-state index contributed by atoms with van der Waals surface area (Å²) in [5, 5.41) is 12.9. The Kier molecular flexibility index (Phi) is 6.01. The number of aromatic nitrogens is 1. The van der Waals surface area contributed by atoms with Crippen LogP contribution in [0.25, 0.3) is 0 Å². The molecule has 0 radical (unpaired) electrons. The molecule has 0 aromatic carbocycles. The third kappa shape index (κ3) is 3.74. The van der Waals surface area contributed by atoms with Crippen LogP contribution in [0, 0.1) is 11.3 Å². The van der Waals surface area contributed by atoms with E-state index in [1.54, 1.807) is 7.11 Å². The van der Waals surface area contributed by atoms with E-state index in [4.69, 9.17) is 9.72 Å². The van der Waals surface area contributed by atoms with Crippen LogP contribution >= 0.6 is 0 Å². The number of fused-ring (bicyclic) bond motifs is 1. The highest BCUT2D eigenvalue weighted by molar-refractivity contribution is 5.60. The van der Waals surface area contributed by atoms with E-state index in [9.17, 15) is 5.26 Å². The molecular weight excluding hydrogens is 262 g/mol. The van der Waals surface area contributed by atoms with Gasteiger partial charge in [-0.1, -0.05) is 13.3 Å². The topological polar surface area (TPSA) is 57.9 Å². The molecule has 1 aliphatic rings. The number of hydrogen-bond acceptors (Lipinski definition) is 4. The van der Waals surface area contributed by atoms with Crippen LogP contribution in [0.4, 0.5) is 5.82 Å². The molecule has 1 heterocycles. The van der Waals surface area contributed by atoms with E-state index in [1.807, 2.05) is 0 Å². The van der Waals surface area contributed by atoms with Crippen LogP contribution in [-0.4, -0.2) is 25.2 Å². The van der Waals surface area contributed by atoms with Crippen molar-refractivity contribution in [2.24, 2.45) is 0 Å². The van der Waals surface area contributed by atoms with Crippen LogP contribution in [0.3, 0.4) is 0 Å². The lowest BCUT2D eigenvalue weighted by atomic mass is 9.87. The first-order chi connectivity index (χ1) is 10.3. The first kappa shape index (κ1) is 15.8. The molecule has 2 rings (SSSR count). The highest BCUT2D eigenvalue weighted by Gasteiger charge is 2.21. The van der Waals surface area contributed by atoms with Gasteiger partial charge >= 0.3 is 0 Å². The standard InChI is InChI=1S/C17H25N3O/c1-3-7-16-14-9-5-4-8-13(14)15(12-18)17(20-16)19-10-6-11-21-2/h3-11H2,1-2H3,(H,19,20). The Morgan fingerprint density at radius 1 is 1.29 bits per heavy atom. The second kappa shape index (κ2) is 7.99. The van der Waals surface area contributed by atoms with Crippen molar-refractivity contribution in [1.82, 2.24) is 4.98 Å². The van der Waals surface area contributed by atoms with Crippen molar-refractivity contribution in [2.45, 2.75) is 51.9 Å². The van der Waals surface area contributed by atoms with E-state index in [-0.39, 0.29) is 0 Å². The quantitative estimate of drug-likeness (QED) is 0.782. The maximum absolute atomic E-state index is 9.54. The molecule has 0 saturated heterocycles. The van der Waals surface area contributed by atoms with Gasteiger partial charge in [0.1, 0.15) is 11.9 Å². The lowest BCUT2D eigenvalue weighted by Crippen LogP contribution is -2.16. The zero-order chi connectivity index (χ0) is 15.1. The number of ether oxygens (including phenoxy) is 1. The number of pyridine rings is 1. The summed E-state index contributed by atoms with van der Waals surface area (Å²) in [5.41, 5.74) is 4.56. The fourth-order valence-corrected chi connectivity index (χ4v) is 3.02. The molecule has 0 saturated carbocycles. The third-order valence-electron chi connectivity index (χ3n) is 4.02. The summed E-state index contributed by atoms with van der Waals surface area (Å²) in [4.78, 5) is 4.77. The average molecular weight is 287 g/mol. The van der Waals surface area contributed by atoms with Gasteiger partial charge in [-0.2, -0.15) is 5.26 Å². The van der Waals surface area contributed by atoms with Gasteiger partial charge in [-0.05, 0) is 49.7 Å². The van der Waals surface area contributed by atoms with Gasteiger partial charge in [0.25, 0.3) is 0 Å². The van der Waals surface area contributed by atoms with Crippen molar-refractivity contribution < 1.29 is 4.74 Å². The minimum absolute atomic E-state index is 0.724. The normalized spacial score (nSPS) is 13.6. The Balaban J connectivity index is 2.30. The number of nitrogens with one attached hydrogen (secondary N) is 1. The number of anilines is 1. The highest BCUT2D eigenvalue weighted by atomic mass is 16.5. The van der Waals surface area contributed by atoms with E-state index in [0.717, 1.165) is 56.6 Å². The highest BCUT2D eigenvalue weighted by Crippen LogP contribution is 2.31. The van der Waals surface area contributed by atoms with Crippen LogP contribution in [0.15, 0.2) is 0 Å². The molecule has 0 atom stereocenters. The first-order valence-electron chi connectivity index (χ1n) is 7.99. The SMILES string of the molecule is CCCc1nc(NCCCOC)c(C#N)c2c1CCCC2. The molecule has 1 aliphatic carbocycles. The van der Waals surface area contributed by atoms with Gasteiger partial charge in [0.2, 0.25) is 0 Å². The minimum atomic E-state index is 0.724. The van der Waals surface area contributed by atoms with Gasteiger partial charge < -0.3 is 10.1 Å². The molecule has 0 spiro atoms. The second-order valence-corrected chi connectivity index (χ2v) is 5.58. The Morgan fingerprint density at radius 3 is 2.71 bits per heavy atom. The van der Waals surface area contributed by atoms with Gasteiger partial charge in [-0.15, -0.1) is 0 Å².